The Hall–Kier alpha value is -2.63. The SMILES string of the molecule is CCn1nc(NC(=O)c2ccc(C(=O)O)cc2)cc1C1CC1. The highest BCUT2D eigenvalue weighted by molar-refractivity contribution is 6.04. The third kappa shape index (κ3) is 2.86. The van der Waals surface area contributed by atoms with Gasteiger partial charge in [-0.05, 0) is 44.0 Å². The monoisotopic (exact) mass is 299 g/mol. The second-order valence-corrected chi connectivity index (χ2v) is 5.38. The van der Waals surface area contributed by atoms with E-state index in [0.29, 0.717) is 17.3 Å². The second kappa shape index (κ2) is 5.63. The minimum absolute atomic E-state index is 0.155. The number of hydrogen-bond donors (Lipinski definition) is 2. The first-order chi connectivity index (χ1) is 10.6. The molecule has 0 aliphatic heterocycles. The lowest BCUT2D eigenvalue weighted by Crippen LogP contribution is -2.13. The highest BCUT2D eigenvalue weighted by atomic mass is 16.4. The van der Waals surface area contributed by atoms with Gasteiger partial charge in [0.2, 0.25) is 0 Å². The number of hydrogen-bond acceptors (Lipinski definition) is 3. The summed E-state index contributed by atoms with van der Waals surface area (Å²) in [6.07, 6.45) is 2.35. The van der Waals surface area contributed by atoms with Crippen molar-refractivity contribution < 1.29 is 14.7 Å². The van der Waals surface area contributed by atoms with E-state index in [1.54, 1.807) is 0 Å². The Morgan fingerprint density at radius 1 is 1.27 bits per heavy atom. The number of carboxylic acid groups (broad SMARTS) is 1. The molecule has 2 N–H and O–H groups in total. The Bertz CT molecular complexity index is 715. The zero-order chi connectivity index (χ0) is 15.7. The van der Waals surface area contributed by atoms with E-state index in [2.05, 4.69) is 10.4 Å². The van der Waals surface area contributed by atoms with Crippen LogP contribution >= 0.6 is 0 Å². The average Bonchev–Trinajstić information content (AvgIpc) is 3.28. The second-order valence-electron chi connectivity index (χ2n) is 5.38. The van der Waals surface area contributed by atoms with Crippen LogP contribution in [0.15, 0.2) is 30.3 Å². The smallest absolute Gasteiger partial charge is 0.335 e. The summed E-state index contributed by atoms with van der Waals surface area (Å²) < 4.78 is 1.92. The summed E-state index contributed by atoms with van der Waals surface area (Å²) in [5.74, 6) is -0.202. The van der Waals surface area contributed by atoms with Gasteiger partial charge in [0.1, 0.15) is 0 Å². The molecule has 6 nitrogen and oxygen atoms in total. The van der Waals surface area contributed by atoms with E-state index in [9.17, 15) is 9.59 Å². The Balaban J connectivity index is 1.74. The molecule has 1 aliphatic rings. The summed E-state index contributed by atoms with van der Waals surface area (Å²) >= 11 is 0. The van der Waals surface area contributed by atoms with Crippen LogP contribution in [0.25, 0.3) is 0 Å². The maximum absolute atomic E-state index is 12.2. The van der Waals surface area contributed by atoms with Gasteiger partial charge in [-0.1, -0.05) is 0 Å². The van der Waals surface area contributed by atoms with Crippen molar-refractivity contribution in [2.75, 3.05) is 5.32 Å². The van der Waals surface area contributed by atoms with Gasteiger partial charge in [0.15, 0.2) is 5.82 Å². The van der Waals surface area contributed by atoms with E-state index in [4.69, 9.17) is 5.11 Å². The molecule has 0 atom stereocenters. The van der Waals surface area contributed by atoms with Crippen molar-refractivity contribution in [1.82, 2.24) is 9.78 Å². The summed E-state index contributed by atoms with van der Waals surface area (Å²) in [4.78, 5) is 23.0. The molecule has 2 aromatic rings. The van der Waals surface area contributed by atoms with E-state index >= 15 is 0 Å². The highest BCUT2D eigenvalue weighted by Gasteiger charge is 2.28. The standard InChI is InChI=1S/C16H17N3O3/c1-2-19-13(10-3-4-10)9-14(18-19)17-15(20)11-5-7-12(8-6-11)16(21)22/h5-10H,2-4H2,1H3,(H,21,22)(H,17,18,20). The van der Waals surface area contributed by atoms with Gasteiger partial charge < -0.3 is 10.4 Å². The van der Waals surface area contributed by atoms with Crippen molar-refractivity contribution in [2.24, 2.45) is 0 Å². The Morgan fingerprint density at radius 3 is 2.45 bits per heavy atom. The molecule has 1 aromatic heterocycles. The molecule has 1 heterocycles. The van der Waals surface area contributed by atoms with Crippen molar-refractivity contribution in [3.8, 4) is 0 Å². The van der Waals surface area contributed by atoms with Crippen LogP contribution in [0.2, 0.25) is 0 Å². The number of anilines is 1. The van der Waals surface area contributed by atoms with Crippen molar-refractivity contribution in [2.45, 2.75) is 32.2 Å². The lowest BCUT2D eigenvalue weighted by atomic mass is 10.1. The third-order valence-corrected chi connectivity index (χ3v) is 3.74. The maximum atomic E-state index is 12.2. The van der Waals surface area contributed by atoms with Crippen molar-refractivity contribution >= 4 is 17.7 Å². The molecule has 0 saturated heterocycles. The molecule has 22 heavy (non-hydrogen) atoms. The van der Waals surface area contributed by atoms with Gasteiger partial charge in [-0.25, -0.2) is 4.79 Å². The number of rotatable bonds is 5. The average molecular weight is 299 g/mol. The van der Waals surface area contributed by atoms with Gasteiger partial charge in [0.25, 0.3) is 5.91 Å². The normalized spacial score (nSPS) is 13.9. The fourth-order valence-electron chi connectivity index (χ4n) is 2.41. The molecular weight excluding hydrogens is 282 g/mol. The van der Waals surface area contributed by atoms with Gasteiger partial charge in [-0.15, -0.1) is 0 Å². The van der Waals surface area contributed by atoms with Crippen molar-refractivity contribution in [3.63, 3.8) is 0 Å². The molecule has 0 radical (unpaired) electrons. The summed E-state index contributed by atoms with van der Waals surface area (Å²) in [5, 5.41) is 16.0. The minimum Gasteiger partial charge on any atom is -0.478 e. The lowest BCUT2D eigenvalue weighted by Gasteiger charge is -2.02. The molecule has 1 aliphatic carbocycles. The van der Waals surface area contributed by atoms with Gasteiger partial charge in [0.05, 0.1) is 5.56 Å². The Kier molecular flexibility index (Phi) is 3.66. The maximum Gasteiger partial charge on any atom is 0.335 e. The van der Waals surface area contributed by atoms with Gasteiger partial charge in [-0.2, -0.15) is 5.10 Å². The topological polar surface area (TPSA) is 84.2 Å². The largest absolute Gasteiger partial charge is 0.478 e. The molecule has 1 amide bonds. The van der Waals surface area contributed by atoms with Gasteiger partial charge in [0, 0.05) is 29.8 Å². The van der Waals surface area contributed by atoms with E-state index in [1.807, 2.05) is 17.7 Å². The van der Waals surface area contributed by atoms with Crippen LogP contribution in [0.1, 0.15) is 52.1 Å². The fourth-order valence-corrected chi connectivity index (χ4v) is 2.41. The number of amides is 1. The van der Waals surface area contributed by atoms with Crippen molar-refractivity contribution in [1.29, 1.82) is 0 Å². The number of aryl methyl sites for hydroxylation is 1. The van der Waals surface area contributed by atoms with Crippen LogP contribution in [0.4, 0.5) is 5.82 Å². The number of aromatic carboxylic acids is 1. The molecular formula is C16H17N3O3. The first kappa shape index (κ1) is 14.3. The quantitative estimate of drug-likeness (QED) is 0.889. The number of carbonyl (C=O) groups excluding carboxylic acids is 1. The Morgan fingerprint density at radius 2 is 1.91 bits per heavy atom. The third-order valence-electron chi connectivity index (χ3n) is 3.74. The molecule has 6 heteroatoms. The van der Waals surface area contributed by atoms with Crippen LogP contribution < -0.4 is 5.32 Å². The van der Waals surface area contributed by atoms with Crippen LogP contribution in [0.5, 0.6) is 0 Å². The summed E-state index contributed by atoms with van der Waals surface area (Å²) in [7, 11) is 0. The number of carboxylic acids is 1. The number of aromatic nitrogens is 2. The molecule has 1 aromatic carbocycles. The predicted molar refractivity (Wildman–Crippen MR) is 81.2 cm³/mol. The molecule has 3 rings (SSSR count). The highest BCUT2D eigenvalue weighted by Crippen LogP contribution is 2.40. The van der Waals surface area contributed by atoms with Crippen LogP contribution in [-0.2, 0) is 6.54 Å². The number of nitrogens with zero attached hydrogens (tertiary/aromatic N) is 2. The number of benzene rings is 1. The lowest BCUT2D eigenvalue weighted by molar-refractivity contribution is 0.0696. The van der Waals surface area contributed by atoms with Crippen LogP contribution in [0.3, 0.4) is 0 Å². The molecule has 114 valence electrons. The van der Waals surface area contributed by atoms with Gasteiger partial charge in [-0.3, -0.25) is 9.48 Å². The van der Waals surface area contributed by atoms with E-state index in [-0.39, 0.29) is 11.5 Å². The first-order valence-corrected chi connectivity index (χ1v) is 7.31. The molecule has 1 fully saturated rings. The fraction of sp³-hybridized carbons (Fsp3) is 0.312. The Labute approximate surface area is 127 Å². The van der Waals surface area contributed by atoms with E-state index < -0.39 is 5.97 Å². The molecule has 1 saturated carbocycles. The zero-order valence-electron chi connectivity index (χ0n) is 12.2. The first-order valence-electron chi connectivity index (χ1n) is 7.31. The van der Waals surface area contributed by atoms with Crippen LogP contribution in [0, 0.1) is 0 Å². The van der Waals surface area contributed by atoms with Crippen LogP contribution in [-0.4, -0.2) is 26.8 Å². The van der Waals surface area contributed by atoms with E-state index in [1.165, 1.54) is 42.8 Å². The minimum atomic E-state index is -1.01. The predicted octanol–water partition coefficient (Wildman–Crippen LogP) is 2.73. The summed E-state index contributed by atoms with van der Waals surface area (Å²) in [6.45, 7) is 2.80. The summed E-state index contributed by atoms with van der Waals surface area (Å²) in [5.41, 5.74) is 1.73. The summed E-state index contributed by atoms with van der Waals surface area (Å²) in [6, 6.07) is 7.74. The molecule has 0 spiro atoms. The van der Waals surface area contributed by atoms with Gasteiger partial charge >= 0.3 is 5.97 Å². The number of carbonyl (C=O) groups is 2. The molecule has 0 unspecified atom stereocenters. The zero-order valence-corrected chi connectivity index (χ0v) is 12.2. The number of nitrogens with one attached hydrogen (secondary N) is 1. The van der Waals surface area contributed by atoms with Crippen molar-refractivity contribution in [3.05, 3.63) is 47.2 Å². The van der Waals surface area contributed by atoms with E-state index in [0.717, 1.165) is 6.54 Å². The molecule has 0 bridgehead atoms.